The van der Waals surface area contributed by atoms with Gasteiger partial charge in [-0.05, 0) is 70.3 Å². The molecule has 0 aromatic carbocycles. The van der Waals surface area contributed by atoms with Crippen LogP contribution in [-0.4, -0.2) is 38.8 Å². The summed E-state index contributed by atoms with van der Waals surface area (Å²) in [6, 6.07) is 0. The van der Waals surface area contributed by atoms with Gasteiger partial charge in [-0.15, -0.1) is 0 Å². The van der Waals surface area contributed by atoms with E-state index in [0.29, 0.717) is 0 Å². The van der Waals surface area contributed by atoms with Gasteiger partial charge in [-0.1, -0.05) is 0 Å². The Morgan fingerprint density at radius 3 is 2.78 bits per heavy atom. The lowest BCUT2D eigenvalue weighted by Gasteiger charge is -2.29. The summed E-state index contributed by atoms with van der Waals surface area (Å²) in [7, 11) is 3.89. The molecule has 0 N–H and O–H groups in total. The number of rotatable bonds is 5. The van der Waals surface area contributed by atoms with Gasteiger partial charge in [0.15, 0.2) is 11.5 Å². The summed E-state index contributed by atoms with van der Waals surface area (Å²) < 4.78 is 11.1. The van der Waals surface area contributed by atoms with E-state index in [0.717, 1.165) is 36.9 Å². The van der Waals surface area contributed by atoms with Crippen LogP contribution in [0.5, 0.6) is 0 Å². The number of ether oxygens (including phenoxy) is 2. The van der Waals surface area contributed by atoms with Gasteiger partial charge in [-0.25, -0.2) is 0 Å². The second kappa shape index (κ2) is 6.83. The van der Waals surface area contributed by atoms with Gasteiger partial charge in [0.1, 0.15) is 0 Å². The largest absolute Gasteiger partial charge is 0.493 e. The fraction of sp³-hybridized carbons (Fsp3) is 0.667. The first-order chi connectivity index (χ1) is 8.79. The Labute approximate surface area is 110 Å². The lowest BCUT2D eigenvalue weighted by molar-refractivity contribution is 0.139. The Hall–Kier alpha value is -0.960. The Balaban J connectivity index is 1.69. The minimum Gasteiger partial charge on any atom is -0.493 e. The fourth-order valence-corrected chi connectivity index (χ4v) is 2.52. The normalized spacial score (nSPS) is 22.3. The van der Waals surface area contributed by atoms with Crippen LogP contribution in [-0.2, 0) is 9.47 Å². The summed E-state index contributed by atoms with van der Waals surface area (Å²) in [5.41, 5.74) is 0. The molecule has 1 fully saturated rings. The predicted molar refractivity (Wildman–Crippen MR) is 72.9 cm³/mol. The van der Waals surface area contributed by atoms with E-state index in [1.807, 2.05) is 6.08 Å². The van der Waals surface area contributed by atoms with Gasteiger partial charge in [0, 0.05) is 0 Å². The number of piperidine rings is 1. The molecule has 0 amide bonds. The monoisotopic (exact) mass is 250 g/mol. The maximum Gasteiger partial charge on any atom is 0.156 e. The highest BCUT2D eigenvalue weighted by Crippen LogP contribution is 2.23. The SMILES string of the molecule is COC1=C[CH]CC=C1OCCC1CCN(C)CC1. The molecule has 0 spiro atoms. The molecule has 1 radical (unpaired) electrons. The maximum atomic E-state index is 5.85. The second-order valence-corrected chi connectivity index (χ2v) is 5.16. The van der Waals surface area contributed by atoms with Crippen molar-refractivity contribution in [2.24, 2.45) is 5.92 Å². The molecule has 1 aliphatic heterocycles. The molecular weight excluding hydrogens is 226 g/mol. The summed E-state index contributed by atoms with van der Waals surface area (Å²) in [5, 5.41) is 0. The van der Waals surface area contributed by atoms with Gasteiger partial charge in [0.2, 0.25) is 0 Å². The Morgan fingerprint density at radius 1 is 1.28 bits per heavy atom. The molecule has 0 atom stereocenters. The highest BCUT2D eigenvalue weighted by Gasteiger charge is 2.17. The van der Waals surface area contributed by atoms with Crippen molar-refractivity contribution in [2.45, 2.75) is 25.7 Å². The topological polar surface area (TPSA) is 21.7 Å². The highest BCUT2D eigenvalue weighted by molar-refractivity contribution is 5.28. The number of hydrogen-bond donors (Lipinski definition) is 0. The molecule has 0 aromatic rings. The molecular formula is C15H24NO2. The molecule has 1 saturated heterocycles. The van der Waals surface area contributed by atoms with Crippen LogP contribution in [0.15, 0.2) is 23.7 Å². The third-order valence-corrected chi connectivity index (χ3v) is 3.79. The van der Waals surface area contributed by atoms with Gasteiger partial charge in [-0.3, -0.25) is 0 Å². The molecule has 3 nitrogen and oxygen atoms in total. The average Bonchev–Trinajstić information content (AvgIpc) is 2.41. The number of allylic oxidation sites excluding steroid dienone is 2. The van der Waals surface area contributed by atoms with Crippen molar-refractivity contribution in [1.82, 2.24) is 4.90 Å². The van der Waals surface area contributed by atoms with E-state index in [9.17, 15) is 0 Å². The first kappa shape index (κ1) is 13.5. The third kappa shape index (κ3) is 3.77. The van der Waals surface area contributed by atoms with E-state index < -0.39 is 0 Å². The van der Waals surface area contributed by atoms with E-state index in [4.69, 9.17) is 9.47 Å². The summed E-state index contributed by atoms with van der Waals surface area (Å²) in [6.45, 7) is 3.26. The lowest BCUT2D eigenvalue weighted by Crippen LogP contribution is -2.30. The number of methoxy groups -OCH3 is 1. The molecule has 1 aliphatic carbocycles. The van der Waals surface area contributed by atoms with Crippen molar-refractivity contribution in [3.05, 3.63) is 30.1 Å². The maximum absolute atomic E-state index is 5.85. The van der Waals surface area contributed by atoms with Crippen LogP contribution in [0.2, 0.25) is 0 Å². The molecule has 101 valence electrons. The van der Waals surface area contributed by atoms with Crippen LogP contribution < -0.4 is 0 Å². The smallest absolute Gasteiger partial charge is 0.156 e. The Bertz CT molecular complexity index is 314. The van der Waals surface area contributed by atoms with Crippen molar-refractivity contribution in [3.8, 4) is 0 Å². The van der Waals surface area contributed by atoms with Crippen molar-refractivity contribution in [1.29, 1.82) is 0 Å². The van der Waals surface area contributed by atoms with Crippen molar-refractivity contribution in [2.75, 3.05) is 33.9 Å². The van der Waals surface area contributed by atoms with Gasteiger partial charge >= 0.3 is 0 Å². The summed E-state index contributed by atoms with van der Waals surface area (Å²) in [5.74, 6) is 2.59. The standard InChI is InChI=1S/C15H24NO2/c1-16-10-7-13(8-11-16)9-12-18-15-6-4-3-5-14(15)17-2/h3,5-6,13H,4,7-12H2,1-2H3. The van der Waals surface area contributed by atoms with Gasteiger partial charge in [0.05, 0.1) is 13.7 Å². The molecule has 2 rings (SSSR count). The van der Waals surface area contributed by atoms with E-state index in [1.165, 1.54) is 25.9 Å². The Kier molecular flexibility index (Phi) is 5.12. The molecule has 1 heterocycles. The number of hydrogen-bond acceptors (Lipinski definition) is 3. The van der Waals surface area contributed by atoms with Gasteiger partial charge in [0.25, 0.3) is 0 Å². The fourth-order valence-electron chi connectivity index (χ4n) is 2.52. The summed E-state index contributed by atoms with van der Waals surface area (Å²) >= 11 is 0. The molecule has 0 saturated carbocycles. The molecule has 2 aliphatic rings. The molecule has 0 bridgehead atoms. The highest BCUT2D eigenvalue weighted by atomic mass is 16.5. The Morgan fingerprint density at radius 2 is 2.06 bits per heavy atom. The zero-order chi connectivity index (χ0) is 12.8. The quantitative estimate of drug-likeness (QED) is 0.749. The summed E-state index contributed by atoms with van der Waals surface area (Å²) in [6.07, 6.45) is 10.9. The van der Waals surface area contributed by atoms with Crippen molar-refractivity contribution >= 4 is 0 Å². The van der Waals surface area contributed by atoms with Crippen LogP contribution in [0, 0.1) is 12.3 Å². The van der Waals surface area contributed by atoms with E-state index in [2.05, 4.69) is 24.4 Å². The summed E-state index contributed by atoms with van der Waals surface area (Å²) in [4.78, 5) is 2.41. The second-order valence-electron chi connectivity index (χ2n) is 5.16. The van der Waals surface area contributed by atoms with E-state index >= 15 is 0 Å². The number of nitrogens with zero attached hydrogens (tertiary/aromatic N) is 1. The van der Waals surface area contributed by atoms with E-state index in [1.54, 1.807) is 7.11 Å². The minimum atomic E-state index is 0.806. The molecule has 0 aromatic heterocycles. The molecule has 0 unspecified atom stereocenters. The lowest BCUT2D eigenvalue weighted by atomic mass is 9.94. The predicted octanol–water partition coefficient (Wildman–Crippen LogP) is 2.76. The van der Waals surface area contributed by atoms with E-state index in [-0.39, 0.29) is 0 Å². The molecule has 18 heavy (non-hydrogen) atoms. The van der Waals surface area contributed by atoms with Crippen molar-refractivity contribution < 1.29 is 9.47 Å². The average molecular weight is 250 g/mol. The van der Waals surface area contributed by atoms with Crippen molar-refractivity contribution in [3.63, 3.8) is 0 Å². The number of likely N-dealkylation sites (tertiary alicyclic amines) is 1. The molecule has 3 heteroatoms. The first-order valence-corrected chi connectivity index (χ1v) is 6.89. The third-order valence-electron chi connectivity index (χ3n) is 3.79. The zero-order valence-corrected chi connectivity index (χ0v) is 11.5. The first-order valence-electron chi connectivity index (χ1n) is 6.89. The van der Waals surface area contributed by atoms with Crippen LogP contribution >= 0.6 is 0 Å². The zero-order valence-electron chi connectivity index (χ0n) is 11.5. The van der Waals surface area contributed by atoms with Crippen LogP contribution in [0.1, 0.15) is 25.7 Å². The minimum absolute atomic E-state index is 0.806. The van der Waals surface area contributed by atoms with Crippen LogP contribution in [0.4, 0.5) is 0 Å². The van der Waals surface area contributed by atoms with Gasteiger partial charge < -0.3 is 14.4 Å². The van der Waals surface area contributed by atoms with Gasteiger partial charge in [-0.2, -0.15) is 0 Å². The van der Waals surface area contributed by atoms with Crippen LogP contribution in [0.3, 0.4) is 0 Å². The van der Waals surface area contributed by atoms with Crippen LogP contribution in [0.25, 0.3) is 0 Å².